The average molecular weight is 357 g/mol. The van der Waals surface area contributed by atoms with E-state index in [1.54, 1.807) is 13.3 Å². The van der Waals surface area contributed by atoms with E-state index >= 15 is 0 Å². The van der Waals surface area contributed by atoms with Crippen molar-refractivity contribution < 1.29 is 14.1 Å². The van der Waals surface area contributed by atoms with Crippen LogP contribution in [0.4, 0.5) is 0 Å². The smallest absolute Gasteiger partial charge is 0.252 e. The normalized spacial score (nSPS) is 23.4. The monoisotopic (exact) mass is 357 g/mol. The van der Waals surface area contributed by atoms with Crippen molar-refractivity contribution in [2.45, 2.75) is 38.6 Å². The first-order valence-corrected chi connectivity index (χ1v) is 8.96. The molecule has 1 amide bonds. The Morgan fingerprint density at radius 1 is 1.27 bits per heavy atom. The van der Waals surface area contributed by atoms with Crippen molar-refractivity contribution in [1.29, 1.82) is 0 Å². The van der Waals surface area contributed by atoms with Crippen LogP contribution in [-0.4, -0.2) is 57.1 Å². The maximum Gasteiger partial charge on any atom is 0.252 e. The van der Waals surface area contributed by atoms with E-state index in [0.29, 0.717) is 31.4 Å². The predicted octanol–water partition coefficient (Wildman–Crippen LogP) is 1.23. The number of pyridine rings is 1. The SMILES string of the molecule is COCc1nc(CN2C[C@@H]3CC[C@H](C2)N(Cc2ccccn2)C3=O)no1. The molecule has 2 bridgehead atoms. The molecular weight excluding hydrogens is 334 g/mol. The van der Waals surface area contributed by atoms with Gasteiger partial charge in [-0.25, -0.2) is 0 Å². The molecule has 8 nitrogen and oxygen atoms in total. The Kier molecular flexibility index (Phi) is 4.94. The van der Waals surface area contributed by atoms with Crippen LogP contribution in [0.15, 0.2) is 28.9 Å². The predicted molar refractivity (Wildman–Crippen MR) is 91.6 cm³/mol. The van der Waals surface area contributed by atoms with Gasteiger partial charge in [0.25, 0.3) is 5.89 Å². The molecule has 5 heterocycles. The number of hydrogen-bond acceptors (Lipinski definition) is 7. The third-order valence-electron chi connectivity index (χ3n) is 5.07. The molecule has 0 radical (unpaired) electrons. The van der Waals surface area contributed by atoms with Crippen LogP contribution in [0, 0.1) is 5.92 Å². The maximum absolute atomic E-state index is 12.9. The van der Waals surface area contributed by atoms with Gasteiger partial charge in [0.2, 0.25) is 5.91 Å². The van der Waals surface area contributed by atoms with Gasteiger partial charge in [-0.15, -0.1) is 0 Å². The van der Waals surface area contributed by atoms with E-state index in [1.807, 2.05) is 23.1 Å². The molecule has 0 saturated carbocycles. The van der Waals surface area contributed by atoms with E-state index in [9.17, 15) is 4.79 Å². The highest BCUT2D eigenvalue weighted by Crippen LogP contribution is 2.30. The minimum absolute atomic E-state index is 0.0304. The summed E-state index contributed by atoms with van der Waals surface area (Å²) in [6, 6.07) is 6.03. The zero-order chi connectivity index (χ0) is 17.9. The minimum Gasteiger partial charge on any atom is -0.375 e. The fraction of sp³-hybridized carbons (Fsp3) is 0.556. The quantitative estimate of drug-likeness (QED) is 0.769. The van der Waals surface area contributed by atoms with Crippen molar-refractivity contribution in [3.63, 3.8) is 0 Å². The number of hydrogen-bond donors (Lipinski definition) is 0. The summed E-state index contributed by atoms with van der Waals surface area (Å²) in [6.45, 7) is 3.04. The van der Waals surface area contributed by atoms with E-state index in [2.05, 4.69) is 20.0 Å². The van der Waals surface area contributed by atoms with Gasteiger partial charge in [0.15, 0.2) is 5.82 Å². The molecule has 26 heavy (non-hydrogen) atoms. The van der Waals surface area contributed by atoms with Gasteiger partial charge in [-0.3, -0.25) is 14.7 Å². The lowest BCUT2D eigenvalue weighted by molar-refractivity contribution is -0.140. The molecule has 0 aliphatic carbocycles. The van der Waals surface area contributed by atoms with Gasteiger partial charge in [0, 0.05) is 32.4 Å². The number of fused-ring (bicyclic) bond motifs is 4. The summed E-state index contributed by atoms with van der Waals surface area (Å²) >= 11 is 0. The lowest BCUT2D eigenvalue weighted by atomic mass is 9.94. The molecular formula is C18H23N5O3. The van der Waals surface area contributed by atoms with E-state index in [4.69, 9.17) is 9.26 Å². The number of aromatic nitrogens is 3. The van der Waals surface area contributed by atoms with Crippen LogP contribution in [0.25, 0.3) is 0 Å². The second-order valence-corrected chi connectivity index (χ2v) is 6.95. The molecule has 2 atom stereocenters. The molecule has 0 spiro atoms. The molecule has 0 N–H and O–H groups in total. The van der Waals surface area contributed by atoms with E-state index < -0.39 is 0 Å². The van der Waals surface area contributed by atoms with Gasteiger partial charge < -0.3 is 14.2 Å². The lowest BCUT2D eigenvalue weighted by Gasteiger charge is -2.35. The van der Waals surface area contributed by atoms with Crippen molar-refractivity contribution in [2.24, 2.45) is 5.92 Å². The molecule has 3 fully saturated rings. The first-order chi connectivity index (χ1) is 12.7. The maximum atomic E-state index is 12.9. The van der Waals surface area contributed by atoms with E-state index in [0.717, 1.165) is 31.6 Å². The van der Waals surface area contributed by atoms with Crippen LogP contribution < -0.4 is 0 Å². The first-order valence-electron chi connectivity index (χ1n) is 8.96. The van der Waals surface area contributed by atoms with Crippen molar-refractivity contribution in [3.05, 3.63) is 41.8 Å². The number of piperidine rings is 1. The highest BCUT2D eigenvalue weighted by Gasteiger charge is 2.40. The van der Waals surface area contributed by atoms with Crippen molar-refractivity contribution >= 4 is 5.91 Å². The lowest BCUT2D eigenvalue weighted by Crippen LogP contribution is -2.47. The van der Waals surface area contributed by atoms with Gasteiger partial charge in [-0.2, -0.15) is 4.98 Å². The van der Waals surface area contributed by atoms with E-state index in [-0.39, 0.29) is 17.9 Å². The molecule has 3 saturated heterocycles. The number of carbonyl (C=O) groups excluding carboxylic acids is 1. The van der Waals surface area contributed by atoms with Gasteiger partial charge >= 0.3 is 0 Å². The number of methoxy groups -OCH3 is 1. The second-order valence-electron chi connectivity index (χ2n) is 6.95. The summed E-state index contributed by atoms with van der Waals surface area (Å²) in [5.41, 5.74) is 0.933. The highest BCUT2D eigenvalue weighted by molar-refractivity contribution is 5.80. The van der Waals surface area contributed by atoms with E-state index in [1.165, 1.54) is 0 Å². The van der Waals surface area contributed by atoms with Crippen LogP contribution in [0.2, 0.25) is 0 Å². The van der Waals surface area contributed by atoms with Crippen LogP contribution in [-0.2, 0) is 29.2 Å². The van der Waals surface area contributed by atoms with Crippen LogP contribution in [0.1, 0.15) is 30.3 Å². The Bertz CT molecular complexity index is 750. The van der Waals surface area contributed by atoms with Crippen molar-refractivity contribution in [1.82, 2.24) is 24.9 Å². The summed E-state index contributed by atoms with van der Waals surface area (Å²) in [4.78, 5) is 25.9. The summed E-state index contributed by atoms with van der Waals surface area (Å²) in [5, 5.41) is 4.02. The zero-order valence-electron chi connectivity index (χ0n) is 14.9. The standard InChI is InChI=1S/C18H23N5O3/c1-25-12-17-20-16(21-26-17)11-22-8-13-5-6-15(10-22)23(18(13)24)9-14-4-2-3-7-19-14/h2-4,7,13,15H,5-6,8-12H2,1H3/t13-,15+/m0/s1. The summed E-state index contributed by atoms with van der Waals surface area (Å²) in [6.07, 6.45) is 3.75. The highest BCUT2D eigenvalue weighted by atomic mass is 16.5. The Balaban J connectivity index is 1.45. The van der Waals surface area contributed by atoms with Crippen LogP contribution >= 0.6 is 0 Å². The molecule has 2 aromatic rings. The first kappa shape index (κ1) is 17.1. The van der Waals surface area contributed by atoms with Gasteiger partial charge in [-0.05, 0) is 25.0 Å². The van der Waals surface area contributed by atoms with Gasteiger partial charge in [0.05, 0.1) is 24.7 Å². The number of rotatable bonds is 6. The average Bonchev–Trinajstić information content (AvgIpc) is 2.92. The number of nitrogens with zero attached hydrogens (tertiary/aromatic N) is 5. The molecule has 8 heteroatoms. The molecule has 0 unspecified atom stereocenters. The fourth-order valence-electron chi connectivity index (χ4n) is 3.87. The Morgan fingerprint density at radius 2 is 2.19 bits per heavy atom. The molecule has 3 aliphatic heterocycles. The third kappa shape index (κ3) is 3.61. The largest absolute Gasteiger partial charge is 0.375 e. The summed E-state index contributed by atoms with van der Waals surface area (Å²) in [7, 11) is 1.60. The Hall–Kier alpha value is -2.32. The van der Waals surface area contributed by atoms with Crippen LogP contribution in [0.5, 0.6) is 0 Å². The Labute approximate surface area is 152 Å². The number of carbonyl (C=O) groups is 1. The minimum atomic E-state index is 0.0304. The molecule has 0 aromatic carbocycles. The second kappa shape index (κ2) is 7.51. The number of ether oxygens (including phenoxy) is 1. The molecule has 138 valence electrons. The molecule has 2 aromatic heterocycles. The van der Waals surface area contributed by atoms with Crippen molar-refractivity contribution in [2.75, 3.05) is 20.2 Å². The molecule has 5 rings (SSSR count). The molecule has 3 aliphatic rings. The third-order valence-corrected chi connectivity index (χ3v) is 5.07. The van der Waals surface area contributed by atoms with Crippen molar-refractivity contribution in [3.8, 4) is 0 Å². The topological polar surface area (TPSA) is 84.6 Å². The number of amides is 1. The van der Waals surface area contributed by atoms with Gasteiger partial charge in [0.1, 0.15) is 6.61 Å². The Morgan fingerprint density at radius 3 is 3.00 bits per heavy atom. The fourth-order valence-corrected chi connectivity index (χ4v) is 3.87. The van der Waals surface area contributed by atoms with Gasteiger partial charge in [-0.1, -0.05) is 11.2 Å². The summed E-state index contributed by atoms with van der Waals surface area (Å²) < 4.78 is 10.2. The summed E-state index contributed by atoms with van der Waals surface area (Å²) in [5.74, 6) is 1.39. The van der Waals surface area contributed by atoms with Crippen LogP contribution in [0.3, 0.4) is 0 Å². The zero-order valence-corrected chi connectivity index (χ0v) is 14.9.